The molecular formula is C8H9NO3S. The molecule has 0 saturated carbocycles. The number of nitrogens with zero attached hydrogens (tertiary/aromatic N) is 1. The first-order chi connectivity index (χ1) is 6.22. The molecule has 0 aliphatic carbocycles. The van der Waals surface area contributed by atoms with E-state index in [-0.39, 0.29) is 12.1 Å². The monoisotopic (exact) mass is 199 g/mol. The number of ether oxygens (including phenoxy) is 2. The van der Waals surface area contributed by atoms with E-state index in [9.17, 15) is 4.79 Å². The standard InChI is InChI=1S/C8H9NO3S/c1-4-9-3-5(13-4)6-7(12-6)8(10)11-2/h3,6-7H,1-2H3. The second kappa shape index (κ2) is 3.08. The van der Waals surface area contributed by atoms with Crippen LogP contribution in [0.25, 0.3) is 0 Å². The molecule has 0 spiro atoms. The molecule has 2 unspecified atom stereocenters. The molecule has 0 N–H and O–H groups in total. The van der Waals surface area contributed by atoms with Crippen molar-refractivity contribution in [2.24, 2.45) is 0 Å². The van der Waals surface area contributed by atoms with E-state index in [0.29, 0.717) is 0 Å². The number of carbonyl (C=O) groups is 1. The van der Waals surface area contributed by atoms with Gasteiger partial charge in [-0.3, -0.25) is 0 Å². The number of rotatable bonds is 2. The van der Waals surface area contributed by atoms with Crippen molar-refractivity contribution in [3.05, 3.63) is 16.1 Å². The highest BCUT2D eigenvalue weighted by molar-refractivity contribution is 7.11. The lowest BCUT2D eigenvalue weighted by Crippen LogP contribution is -2.08. The maximum absolute atomic E-state index is 11.0. The lowest BCUT2D eigenvalue weighted by atomic mass is 10.3. The SMILES string of the molecule is COC(=O)C1OC1c1cnc(C)s1. The van der Waals surface area contributed by atoms with Crippen LogP contribution in [0.5, 0.6) is 0 Å². The van der Waals surface area contributed by atoms with Crippen molar-refractivity contribution in [3.63, 3.8) is 0 Å². The van der Waals surface area contributed by atoms with Gasteiger partial charge in [-0.05, 0) is 6.92 Å². The molecule has 4 nitrogen and oxygen atoms in total. The first-order valence-corrected chi connectivity index (χ1v) is 4.69. The average Bonchev–Trinajstić information content (AvgIpc) is 2.82. The van der Waals surface area contributed by atoms with Crippen molar-refractivity contribution >= 4 is 17.3 Å². The maximum atomic E-state index is 11.0. The van der Waals surface area contributed by atoms with Crippen LogP contribution in [0.4, 0.5) is 0 Å². The molecular weight excluding hydrogens is 190 g/mol. The molecule has 0 amide bonds. The van der Waals surface area contributed by atoms with E-state index < -0.39 is 6.10 Å². The Morgan fingerprint density at radius 2 is 2.54 bits per heavy atom. The summed E-state index contributed by atoms with van der Waals surface area (Å²) in [5.74, 6) is -0.309. The summed E-state index contributed by atoms with van der Waals surface area (Å²) in [5, 5.41) is 0.981. The van der Waals surface area contributed by atoms with E-state index in [4.69, 9.17) is 4.74 Å². The highest BCUT2D eigenvalue weighted by Crippen LogP contribution is 2.41. The van der Waals surface area contributed by atoms with E-state index in [1.807, 2.05) is 6.92 Å². The number of esters is 1. The van der Waals surface area contributed by atoms with Crippen LogP contribution in [0.2, 0.25) is 0 Å². The molecule has 0 radical (unpaired) electrons. The number of methoxy groups -OCH3 is 1. The highest BCUT2D eigenvalue weighted by atomic mass is 32.1. The second-order valence-electron chi connectivity index (χ2n) is 2.78. The van der Waals surface area contributed by atoms with Crippen molar-refractivity contribution in [2.75, 3.05) is 7.11 Å². The zero-order valence-electron chi connectivity index (χ0n) is 7.31. The predicted octanol–water partition coefficient (Wildman–Crippen LogP) is 1.06. The third kappa shape index (κ3) is 1.57. The molecule has 1 saturated heterocycles. The molecule has 2 atom stereocenters. The highest BCUT2D eigenvalue weighted by Gasteiger charge is 2.48. The van der Waals surface area contributed by atoms with E-state index in [2.05, 4.69) is 9.72 Å². The first-order valence-electron chi connectivity index (χ1n) is 3.88. The van der Waals surface area contributed by atoms with E-state index in [1.54, 1.807) is 17.5 Å². The fraction of sp³-hybridized carbons (Fsp3) is 0.500. The Bertz CT molecular complexity index is 336. The van der Waals surface area contributed by atoms with Crippen LogP contribution >= 0.6 is 11.3 Å². The molecule has 1 aromatic heterocycles. The quantitative estimate of drug-likeness (QED) is 0.528. The van der Waals surface area contributed by atoms with Gasteiger partial charge in [0.25, 0.3) is 0 Å². The fourth-order valence-electron chi connectivity index (χ4n) is 1.13. The van der Waals surface area contributed by atoms with Gasteiger partial charge in [0.15, 0.2) is 6.10 Å². The summed E-state index contributed by atoms with van der Waals surface area (Å²) in [6.45, 7) is 1.92. The second-order valence-corrected chi connectivity index (χ2v) is 4.05. The average molecular weight is 199 g/mol. The molecule has 2 rings (SSSR count). The summed E-state index contributed by atoms with van der Waals surface area (Å²) >= 11 is 1.55. The molecule has 1 aromatic rings. The lowest BCUT2D eigenvalue weighted by molar-refractivity contribution is -0.142. The van der Waals surface area contributed by atoms with Gasteiger partial charge in [-0.2, -0.15) is 0 Å². The van der Waals surface area contributed by atoms with Crippen molar-refractivity contribution in [1.82, 2.24) is 4.98 Å². The fourth-order valence-corrected chi connectivity index (χ4v) is 1.98. The molecule has 13 heavy (non-hydrogen) atoms. The molecule has 2 heterocycles. The van der Waals surface area contributed by atoms with Crippen LogP contribution in [0.15, 0.2) is 6.20 Å². The predicted molar refractivity (Wildman–Crippen MR) is 46.5 cm³/mol. The Morgan fingerprint density at radius 1 is 1.77 bits per heavy atom. The van der Waals surface area contributed by atoms with Gasteiger partial charge in [-0.15, -0.1) is 11.3 Å². The lowest BCUT2D eigenvalue weighted by Gasteiger charge is -1.90. The summed E-state index contributed by atoms with van der Waals surface area (Å²) in [6.07, 6.45) is 1.21. The number of thiazole rings is 1. The van der Waals surface area contributed by atoms with E-state index in [1.165, 1.54) is 7.11 Å². The van der Waals surface area contributed by atoms with Crippen molar-refractivity contribution in [1.29, 1.82) is 0 Å². The molecule has 1 aliphatic rings. The van der Waals surface area contributed by atoms with Crippen LogP contribution < -0.4 is 0 Å². The summed E-state index contributed by atoms with van der Waals surface area (Å²) in [4.78, 5) is 16.1. The van der Waals surface area contributed by atoms with E-state index >= 15 is 0 Å². The topological polar surface area (TPSA) is 51.7 Å². The number of aromatic nitrogens is 1. The van der Waals surface area contributed by atoms with Crippen molar-refractivity contribution in [2.45, 2.75) is 19.1 Å². The zero-order chi connectivity index (χ0) is 9.42. The van der Waals surface area contributed by atoms with Gasteiger partial charge in [-0.25, -0.2) is 9.78 Å². The summed E-state index contributed by atoms with van der Waals surface area (Å²) < 4.78 is 9.72. The minimum Gasteiger partial charge on any atom is -0.467 e. The van der Waals surface area contributed by atoms with Crippen molar-refractivity contribution < 1.29 is 14.3 Å². The molecule has 70 valence electrons. The number of epoxide rings is 1. The number of carbonyl (C=O) groups excluding carboxylic acids is 1. The van der Waals surface area contributed by atoms with Crippen molar-refractivity contribution in [3.8, 4) is 0 Å². The van der Waals surface area contributed by atoms with Gasteiger partial charge in [0, 0.05) is 6.20 Å². The minimum absolute atomic E-state index is 0.126. The Morgan fingerprint density at radius 3 is 3.08 bits per heavy atom. The Balaban J connectivity index is 2.04. The van der Waals surface area contributed by atoms with Gasteiger partial charge in [0.05, 0.1) is 17.0 Å². The summed E-state index contributed by atoms with van der Waals surface area (Å²) in [7, 11) is 1.36. The number of aryl methyl sites for hydroxylation is 1. The van der Waals surface area contributed by atoms with Crippen LogP contribution in [0.1, 0.15) is 16.0 Å². The normalized spacial score (nSPS) is 25.7. The van der Waals surface area contributed by atoms with Gasteiger partial charge in [0.1, 0.15) is 6.10 Å². The summed E-state index contributed by atoms with van der Waals surface area (Å²) in [5.41, 5.74) is 0. The van der Waals surface area contributed by atoms with Gasteiger partial charge < -0.3 is 9.47 Å². The van der Waals surface area contributed by atoms with Gasteiger partial charge in [-0.1, -0.05) is 0 Å². The molecule has 0 bridgehead atoms. The number of hydrogen-bond donors (Lipinski definition) is 0. The zero-order valence-corrected chi connectivity index (χ0v) is 8.13. The summed E-state index contributed by atoms with van der Waals surface area (Å²) in [6, 6.07) is 0. The number of hydrogen-bond acceptors (Lipinski definition) is 5. The van der Waals surface area contributed by atoms with Crippen LogP contribution in [0.3, 0.4) is 0 Å². The third-order valence-electron chi connectivity index (χ3n) is 1.84. The maximum Gasteiger partial charge on any atom is 0.338 e. The van der Waals surface area contributed by atoms with Gasteiger partial charge in [0.2, 0.25) is 0 Å². The molecule has 5 heteroatoms. The van der Waals surface area contributed by atoms with Crippen LogP contribution in [0, 0.1) is 6.92 Å². The minimum atomic E-state index is -0.412. The molecule has 1 fully saturated rings. The Hall–Kier alpha value is -0.940. The van der Waals surface area contributed by atoms with Crippen LogP contribution in [-0.4, -0.2) is 24.2 Å². The largest absolute Gasteiger partial charge is 0.467 e. The van der Waals surface area contributed by atoms with Gasteiger partial charge >= 0.3 is 5.97 Å². The van der Waals surface area contributed by atoms with Crippen LogP contribution in [-0.2, 0) is 14.3 Å². The van der Waals surface area contributed by atoms with E-state index in [0.717, 1.165) is 9.88 Å². The smallest absolute Gasteiger partial charge is 0.338 e. The first kappa shape index (κ1) is 8.65. The third-order valence-corrected chi connectivity index (χ3v) is 2.82. The molecule has 1 aliphatic heterocycles. The Labute approximate surface area is 79.5 Å². The molecule has 0 aromatic carbocycles. The Kier molecular flexibility index (Phi) is 2.05.